The van der Waals surface area contributed by atoms with Gasteiger partial charge >= 0.3 is 0 Å². The number of rotatable bonds is 8. The number of anilines is 1. The molecule has 0 aliphatic rings. The van der Waals surface area contributed by atoms with Crippen LogP contribution in [0.1, 0.15) is 25.5 Å². The zero-order chi connectivity index (χ0) is 21.8. The summed E-state index contributed by atoms with van der Waals surface area (Å²) in [5.41, 5.74) is 2.96. The first kappa shape index (κ1) is 20.9. The van der Waals surface area contributed by atoms with Gasteiger partial charge in [-0.05, 0) is 55.8 Å². The standard InChI is InChI=1S/C23H24N4O3S/c1-3-4-15-30-20-9-11-21(12-10-20)31(28,29)26-19-8-5-7-18(16-19)22-17(2)27-14-6-13-24-23(27)25-22/h5-14,16,26H,3-4,15H2,1-2H3. The van der Waals surface area contributed by atoms with E-state index in [1.54, 1.807) is 48.7 Å². The second-order valence-corrected chi connectivity index (χ2v) is 8.88. The van der Waals surface area contributed by atoms with Gasteiger partial charge in [0.05, 0.1) is 17.2 Å². The molecule has 0 aliphatic heterocycles. The van der Waals surface area contributed by atoms with Crippen molar-refractivity contribution in [1.29, 1.82) is 0 Å². The van der Waals surface area contributed by atoms with Crippen LogP contribution < -0.4 is 9.46 Å². The number of fused-ring (bicyclic) bond motifs is 1. The van der Waals surface area contributed by atoms with Crippen LogP contribution in [0.4, 0.5) is 5.69 Å². The fourth-order valence-electron chi connectivity index (χ4n) is 3.27. The fourth-order valence-corrected chi connectivity index (χ4v) is 4.32. The van der Waals surface area contributed by atoms with Crippen LogP contribution in [-0.2, 0) is 10.0 Å². The molecule has 0 fully saturated rings. The van der Waals surface area contributed by atoms with Gasteiger partial charge in [-0.3, -0.25) is 9.12 Å². The van der Waals surface area contributed by atoms with Crippen LogP contribution in [0.15, 0.2) is 71.9 Å². The molecule has 31 heavy (non-hydrogen) atoms. The molecule has 0 saturated heterocycles. The molecule has 0 bridgehead atoms. The summed E-state index contributed by atoms with van der Waals surface area (Å²) >= 11 is 0. The van der Waals surface area contributed by atoms with Gasteiger partial charge in [0.1, 0.15) is 5.75 Å². The van der Waals surface area contributed by atoms with E-state index in [2.05, 4.69) is 21.6 Å². The molecular formula is C23H24N4O3S. The summed E-state index contributed by atoms with van der Waals surface area (Å²) < 4.78 is 35.8. The highest BCUT2D eigenvalue weighted by molar-refractivity contribution is 7.92. The molecule has 0 unspecified atom stereocenters. The lowest BCUT2D eigenvalue weighted by molar-refractivity contribution is 0.309. The van der Waals surface area contributed by atoms with Gasteiger partial charge in [-0.1, -0.05) is 25.5 Å². The lowest BCUT2D eigenvalue weighted by Gasteiger charge is -2.10. The van der Waals surface area contributed by atoms with Gasteiger partial charge in [0, 0.05) is 29.3 Å². The molecule has 0 atom stereocenters. The van der Waals surface area contributed by atoms with E-state index in [4.69, 9.17) is 4.74 Å². The maximum Gasteiger partial charge on any atom is 0.261 e. The van der Waals surface area contributed by atoms with Crippen molar-refractivity contribution in [2.24, 2.45) is 0 Å². The lowest BCUT2D eigenvalue weighted by atomic mass is 10.1. The fraction of sp³-hybridized carbons (Fsp3) is 0.217. The van der Waals surface area contributed by atoms with Crippen molar-refractivity contribution in [2.45, 2.75) is 31.6 Å². The molecule has 0 spiro atoms. The first-order chi connectivity index (χ1) is 15.0. The smallest absolute Gasteiger partial charge is 0.261 e. The van der Waals surface area contributed by atoms with Crippen molar-refractivity contribution in [3.8, 4) is 17.0 Å². The summed E-state index contributed by atoms with van der Waals surface area (Å²) in [7, 11) is -3.73. The number of benzene rings is 2. The number of hydrogen-bond donors (Lipinski definition) is 1. The van der Waals surface area contributed by atoms with Crippen molar-refractivity contribution in [3.63, 3.8) is 0 Å². The van der Waals surface area contributed by atoms with Crippen molar-refractivity contribution < 1.29 is 13.2 Å². The molecule has 0 radical (unpaired) electrons. The largest absolute Gasteiger partial charge is 0.494 e. The monoisotopic (exact) mass is 436 g/mol. The van der Waals surface area contributed by atoms with Gasteiger partial charge in [-0.2, -0.15) is 0 Å². The number of aryl methyl sites for hydroxylation is 1. The van der Waals surface area contributed by atoms with Crippen LogP contribution in [0.2, 0.25) is 0 Å². The molecule has 7 nitrogen and oxygen atoms in total. The molecule has 4 aromatic rings. The number of aromatic nitrogens is 3. The molecular weight excluding hydrogens is 412 g/mol. The SMILES string of the molecule is CCCCOc1ccc(S(=O)(=O)Nc2cccc(-c3nc4ncccn4c3C)c2)cc1. The van der Waals surface area contributed by atoms with Gasteiger partial charge in [-0.15, -0.1) is 0 Å². The van der Waals surface area contributed by atoms with Crippen LogP contribution in [-0.4, -0.2) is 29.4 Å². The normalized spacial score (nSPS) is 11.5. The van der Waals surface area contributed by atoms with Crippen LogP contribution in [0, 0.1) is 6.92 Å². The minimum absolute atomic E-state index is 0.175. The van der Waals surface area contributed by atoms with E-state index in [1.165, 1.54) is 0 Å². The zero-order valence-electron chi connectivity index (χ0n) is 17.4. The Morgan fingerprint density at radius 3 is 2.65 bits per heavy atom. The summed E-state index contributed by atoms with van der Waals surface area (Å²) in [6, 6.07) is 15.5. The first-order valence-corrected chi connectivity index (χ1v) is 11.6. The Balaban J connectivity index is 1.56. The lowest BCUT2D eigenvalue weighted by Crippen LogP contribution is -2.13. The summed E-state index contributed by atoms with van der Waals surface area (Å²) in [5.74, 6) is 1.26. The molecule has 8 heteroatoms. The number of ether oxygens (including phenoxy) is 1. The van der Waals surface area contributed by atoms with Crippen LogP contribution in [0.5, 0.6) is 5.75 Å². The number of unbranched alkanes of at least 4 members (excludes halogenated alkanes) is 1. The van der Waals surface area contributed by atoms with Crippen molar-refractivity contribution in [1.82, 2.24) is 14.4 Å². The topological polar surface area (TPSA) is 85.6 Å². The van der Waals surface area contributed by atoms with Gasteiger partial charge in [0.15, 0.2) is 0 Å². The molecule has 1 N–H and O–H groups in total. The van der Waals surface area contributed by atoms with E-state index in [9.17, 15) is 8.42 Å². The number of sulfonamides is 1. The molecule has 160 valence electrons. The maximum atomic E-state index is 12.8. The molecule has 2 heterocycles. The summed E-state index contributed by atoms with van der Waals surface area (Å²) in [5, 5.41) is 0. The average molecular weight is 437 g/mol. The minimum Gasteiger partial charge on any atom is -0.494 e. The number of nitrogens with one attached hydrogen (secondary N) is 1. The van der Waals surface area contributed by atoms with Crippen LogP contribution >= 0.6 is 0 Å². The third-order valence-corrected chi connectivity index (χ3v) is 6.33. The quantitative estimate of drug-likeness (QED) is 0.405. The minimum atomic E-state index is -3.73. The van der Waals surface area contributed by atoms with E-state index in [0.717, 1.165) is 29.8 Å². The Hall–Kier alpha value is -3.39. The molecule has 4 rings (SSSR count). The van der Waals surface area contributed by atoms with Crippen molar-refractivity contribution >= 4 is 21.5 Å². The summed E-state index contributed by atoms with van der Waals surface area (Å²) in [4.78, 5) is 9.02. The summed E-state index contributed by atoms with van der Waals surface area (Å²) in [6.07, 6.45) is 5.59. The molecule has 2 aromatic carbocycles. The first-order valence-electron chi connectivity index (χ1n) is 10.1. The van der Waals surface area contributed by atoms with Crippen LogP contribution in [0.25, 0.3) is 17.0 Å². The molecule has 0 aliphatic carbocycles. The van der Waals surface area contributed by atoms with Gasteiger partial charge < -0.3 is 4.74 Å². The van der Waals surface area contributed by atoms with Gasteiger partial charge in [0.2, 0.25) is 5.78 Å². The Bertz CT molecular complexity index is 1300. The number of imidazole rings is 1. The molecule has 0 amide bonds. The predicted molar refractivity (Wildman–Crippen MR) is 121 cm³/mol. The average Bonchev–Trinajstić information content (AvgIpc) is 3.11. The highest BCUT2D eigenvalue weighted by atomic mass is 32.2. The van der Waals surface area contributed by atoms with E-state index >= 15 is 0 Å². The maximum absolute atomic E-state index is 12.8. The third kappa shape index (κ3) is 4.54. The molecule has 2 aromatic heterocycles. The van der Waals surface area contributed by atoms with Crippen molar-refractivity contribution in [2.75, 3.05) is 11.3 Å². The van der Waals surface area contributed by atoms with E-state index < -0.39 is 10.0 Å². The van der Waals surface area contributed by atoms with Crippen molar-refractivity contribution in [3.05, 3.63) is 72.7 Å². The second kappa shape index (κ2) is 8.77. The Kier molecular flexibility index (Phi) is 5.90. The highest BCUT2D eigenvalue weighted by Crippen LogP contribution is 2.27. The zero-order valence-corrected chi connectivity index (χ0v) is 18.3. The molecule has 0 saturated carbocycles. The Morgan fingerprint density at radius 1 is 1.10 bits per heavy atom. The highest BCUT2D eigenvalue weighted by Gasteiger charge is 2.16. The van der Waals surface area contributed by atoms with E-state index in [0.29, 0.717) is 23.8 Å². The third-order valence-electron chi connectivity index (χ3n) is 4.93. The van der Waals surface area contributed by atoms with Crippen LogP contribution in [0.3, 0.4) is 0 Å². The second-order valence-electron chi connectivity index (χ2n) is 7.20. The van der Waals surface area contributed by atoms with E-state index in [1.807, 2.05) is 29.7 Å². The predicted octanol–water partition coefficient (Wildman–Crippen LogP) is 4.68. The van der Waals surface area contributed by atoms with Gasteiger partial charge in [0.25, 0.3) is 10.0 Å². The van der Waals surface area contributed by atoms with E-state index in [-0.39, 0.29) is 4.90 Å². The van der Waals surface area contributed by atoms with Gasteiger partial charge in [-0.25, -0.2) is 18.4 Å². The summed E-state index contributed by atoms with van der Waals surface area (Å²) in [6.45, 7) is 4.66. The Morgan fingerprint density at radius 2 is 1.90 bits per heavy atom. The number of hydrogen-bond acceptors (Lipinski definition) is 5. The Labute approximate surface area is 181 Å². The number of nitrogens with zero attached hydrogens (tertiary/aromatic N) is 3.